The highest BCUT2D eigenvalue weighted by Gasteiger charge is 2.18. The van der Waals surface area contributed by atoms with Crippen molar-refractivity contribution < 1.29 is 14.3 Å². The number of carbonyl (C=O) groups excluding carboxylic acids is 1. The second-order valence-electron chi connectivity index (χ2n) is 7.30. The molecule has 8 heteroatoms. The number of carbonyl (C=O) groups is 1. The molecular formula is C22H20N4O3S. The Kier molecular flexibility index (Phi) is 4.43. The van der Waals surface area contributed by atoms with Crippen molar-refractivity contribution in [3.05, 3.63) is 58.8 Å². The number of nitrogens with one attached hydrogen (secondary N) is 1. The zero-order chi connectivity index (χ0) is 20.8. The molecule has 30 heavy (non-hydrogen) atoms. The summed E-state index contributed by atoms with van der Waals surface area (Å²) in [5.41, 5.74) is 4.62. The highest BCUT2D eigenvalue weighted by Crippen LogP contribution is 2.32. The van der Waals surface area contributed by atoms with Crippen molar-refractivity contribution in [3.63, 3.8) is 0 Å². The molecule has 0 bridgehead atoms. The molecule has 2 aromatic carbocycles. The van der Waals surface area contributed by atoms with Crippen molar-refractivity contribution in [2.75, 3.05) is 18.5 Å². The molecule has 0 unspecified atom stereocenters. The first kappa shape index (κ1) is 18.6. The third kappa shape index (κ3) is 3.29. The van der Waals surface area contributed by atoms with Crippen molar-refractivity contribution >= 4 is 33.3 Å². The van der Waals surface area contributed by atoms with Gasteiger partial charge in [0, 0.05) is 11.6 Å². The van der Waals surface area contributed by atoms with E-state index in [-0.39, 0.29) is 5.91 Å². The molecular weight excluding hydrogens is 400 g/mol. The molecule has 1 amide bonds. The molecule has 1 aliphatic heterocycles. The number of amides is 1. The Labute approximate surface area is 177 Å². The van der Waals surface area contributed by atoms with Gasteiger partial charge in [0.2, 0.25) is 5.13 Å². The number of benzene rings is 2. The summed E-state index contributed by atoms with van der Waals surface area (Å²) in [7, 11) is 0. The molecule has 0 spiro atoms. The average molecular weight is 420 g/mol. The maximum Gasteiger partial charge on any atom is 0.256 e. The molecule has 0 atom stereocenters. The summed E-state index contributed by atoms with van der Waals surface area (Å²) in [6.07, 6.45) is 0. The molecule has 7 nitrogen and oxygen atoms in total. The minimum Gasteiger partial charge on any atom is -0.486 e. The summed E-state index contributed by atoms with van der Waals surface area (Å²) in [6, 6.07) is 11.2. The molecule has 0 saturated carbocycles. The number of hydrogen-bond acceptors (Lipinski definition) is 6. The van der Waals surface area contributed by atoms with Crippen LogP contribution in [-0.2, 0) is 0 Å². The van der Waals surface area contributed by atoms with Crippen molar-refractivity contribution in [2.24, 2.45) is 0 Å². The summed E-state index contributed by atoms with van der Waals surface area (Å²) < 4.78 is 13.9. The smallest absolute Gasteiger partial charge is 0.256 e. The zero-order valence-electron chi connectivity index (χ0n) is 16.9. The van der Waals surface area contributed by atoms with Gasteiger partial charge in [-0.1, -0.05) is 11.3 Å². The second kappa shape index (κ2) is 7.14. The normalized spacial score (nSPS) is 12.9. The fraction of sp³-hybridized carbons (Fsp3) is 0.227. The lowest BCUT2D eigenvalue weighted by molar-refractivity contribution is 0.102. The molecule has 5 rings (SSSR count). The Morgan fingerprint density at radius 3 is 2.63 bits per heavy atom. The highest BCUT2D eigenvalue weighted by atomic mass is 32.1. The van der Waals surface area contributed by atoms with E-state index in [9.17, 15) is 4.79 Å². The highest BCUT2D eigenvalue weighted by molar-refractivity contribution is 7.20. The number of aromatic nitrogens is 3. The van der Waals surface area contributed by atoms with Gasteiger partial charge in [-0.05, 0) is 62.2 Å². The van der Waals surface area contributed by atoms with Crippen LogP contribution < -0.4 is 14.8 Å². The van der Waals surface area contributed by atoms with Gasteiger partial charge in [0.15, 0.2) is 11.5 Å². The number of ether oxygens (including phenoxy) is 2. The van der Waals surface area contributed by atoms with Gasteiger partial charge in [-0.2, -0.15) is 9.78 Å². The first-order valence-corrected chi connectivity index (χ1v) is 10.5. The number of hydrogen-bond donors (Lipinski definition) is 1. The van der Waals surface area contributed by atoms with E-state index >= 15 is 0 Å². The van der Waals surface area contributed by atoms with Gasteiger partial charge in [-0.3, -0.25) is 4.79 Å². The standard InChI is InChI=1S/C22H20N4O3S/c1-12-8-16-19(9-13(12)2)30-22(23-16)26-20(10-14(3)25-26)24-21(27)15-4-5-17-18(11-15)29-7-6-28-17/h4-5,8-11H,6-7H2,1-3H3,(H,24,27). The van der Waals surface area contributed by atoms with Crippen LogP contribution in [0.1, 0.15) is 27.2 Å². The number of thiazole rings is 1. The first-order valence-electron chi connectivity index (χ1n) is 9.64. The van der Waals surface area contributed by atoms with Gasteiger partial charge >= 0.3 is 0 Å². The maximum atomic E-state index is 12.9. The lowest BCUT2D eigenvalue weighted by Crippen LogP contribution is -2.18. The molecule has 4 aromatic rings. The molecule has 3 heterocycles. The largest absolute Gasteiger partial charge is 0.486 e. The van der Waals surface area contributed by atoms with Gasteiger partial charge in [0.1, 0.15) is 19.0 Å². The minimum atomic E-state index is -0.249. The number of rotatable bonds is 3. The van der Waals surface area contributed by atoms with Crippen molar-refractivity contribution in [1.29, 1.82) is 0 Å². The van der Waals surface area contributed by atoms with E-state index in [1.807, 2.05) is 13.0 Å². The number of aryl methyl sites for hydroxylation is 3. The number of anilines is 1. The first-order chi connectivity index (χ1) is 14.5. The lowest BCUT2D eigenvalue weighted by Gasteiger charge is -2.18. The quantitative estimate of drug-likeness (QED) is 0.530. The fourth-order valence-corrected chi connectivity index (χ4v) is 4.38. The molecule has 2 aromatic heterocycles. The van der Waals surface area contributed by atoms with Gasteiger partial charge in [0.25, 0.3) is 5.91 Å². The molecule has 0 aliphatic carbocycles. The van der Waals surface area contributed by atoms with Crippen LogP contribution in [0.25, 0.3) is 15.3 Å². The molecule has 0 fully saturated rings. The van der Waals surface area contributed by atoms with Crippen molar-refractivity contribution in [2.45, 2.75) is 20.8 Å². The predicted octanol–water partition coefficient (Wildman–Crippen LogP) is 4.43. The predicted molar refractivity (Wildman–Crippen MR) is 116 cm³/mol. The Morgan fingerprint density at radius 2 is 1.80 bits per heavy atom. The van der Waals surface area contributed by atoms with Crippen LogP contribution in [0.15, 0.2) is 36.4 Å². The zero-order valence-corrected chi connectivity index (χ0v) is 17.7. The molecule has 1 N–H and O–H groups in total. The van der Waals surface area contributed by atoms with Crippen molar-refractivity contribution in [1.82, 2.24) is 14.8 Å². The summed E-state index contributed by atoms with van der Waals surface area (Å²) in [5, 5.41) is 8.20. The van der Waals surface area contributed by atoms with E-state index < -0.39 is 0 Å². The fourth-order valence-electron chi connectivity index (χ4n) is 3.37. The molecule has 1 aliphatic rings. The average Bonchev–Trinajstić information content (AvgIpc) is 3.30. The van der Waals surface area contributed by atoms with Crippen LogP contribution in [0.2, 0.25) is 0 Å². The van der Waals surface area contributed by atoms with Crippen LogP contribution in [-0.4, -0.2) is 33.9 Å². The van der Waals surface area contributed by atoms with Crippen LogP contribution in [0.4, 0.5) is 5.82 Å². The second-order valence-corrected chi connectivity index (χ2v) is 8.31. The van der Waals surface area contributed by atoms with Crippen LogP contribution in [0, 0.1) is 20.8 Å². The monoisotopic (exact) mass is 420 g/mol. The summed E-state index contributed by atoms with van der Waals surface area (Å²) in [5.74, 6) is 1.55. The van der Waals surface area contributed by atoms with E-state index in [4.69, 9.17) is 14.5 Å². The Morgan fingerprint density at radius 1 is 1.03 bits per heavy atom. The van der Waals surface area contributed by atoms with Crippen LogP contribution in [0.3, 0.4) is 0 Å². The van der Waals surface area contributed by atoms with E-state index in [0.717, 1.165) is 15.9 Å². The van der Waals surface area contributed by atoms with Crippen LogP contribution >= 0.6 is 11.3 Å². The summed E-state index contributed by atoms with van der Waals surface area (Å²) in [4.78, 5) is 17.6. The van der Waals surface area contributed by atoms with Gasteiger partial charge in [-0.25, -0.2) is 4.98 Å². The minimum absolute atomic E-state index is 0.249. The Hall–Kier alpha value is -3.39. The Bertz CT molecular complexity index is 1250. The third-order valence-electron chi connectivity index (χ3n) is 5.05. The van der Waals surface area contributed by atoms with E-state index in [2.05, 4.69) is 36.4 Å². The van der Waals surface area contributed by atoms with E-state index in [0.29, 0.717) is 41.2 Å². The molecule has 0 radical (unpaired) electrons. The summed E-state index contributed by atoms with van der Waals surface area (Å²) in [6.45, 7) is 7.03. The topological polar surface area (TPSA) is 78.3 Å². The number of fused-ring (bicyclic) bond motifs is 2. The van der Waals surface area contributed by atoms with Crippen LogP contribution in [0.5, 0.6) is 11.5 Å². The number of nitrogens with zero attached hydrogens (tertiary/aromatic N) is 3. The van der Waals surface area contributed by atoms with Gasteiger partial charge in [0.05, 0.1) is 15.9 Å². The van der Waals surface area contributed by atoms with E-state index in [1.54, 1.807) is 34.2 Å². The lowest BCUT2D eigenvalue weighted by atomic mass is 10.1. The van der Waals surface area contributed by atoms with E-state index in [1.165, 1.54) is 11.1 Å². The van der Waals surface area contributed by atoms with Gasteiger partial charge in [-0.15, -0.1) is 0 Å². The summed E-state index contributed by atoms with van der Waals surface area (Å²) >= 11 is 1.54. The Balaban J connectivity index is 1.47. The molecule has 152 valence electrons. The molecule has 0 saturated heterocycles. The SMILES string of the molecule is Cc1cc(NC(=O)c2ccc3c(c2)OCCO3)n(-c2nc3cc(C)c(C)cc3s2)n1. The van der Waals surface area contributed by atoms with Gasteiger partial charge < -0.3 is 14.8 Å². The van der Waals surface area contributed by atoms with Crippen molar-refractivity contribution in [3.8, 4) is 16.6 Å². The third-order valence-corrected chi connectivity index (χ3v) is 6.05. The maximum absolute atomic E-state index is 12.9.